The molecule has 2 heterocycles. The van der Waals surface area contributed by atoms with Crippen molar-refractivity contribution in [3.63, 3.8) is 0 Å². The molecule has 5 rings (SSSR count). The highest BCUT2D eigenvalue weighted by Crippen LogP contribution is 2.47. The number of carbonyl (C=O) groups excluding carboxylic acids is 1. The molecule has 0 radical (unpaired) electrons. The number of H-pyrrole nitrogens is 1. The van der Waals surface area contributed by atoms with E-state index in [-0.39, 0.29) is 23.5 Å². The summed E-state index contributed by atoms with van der Waals surface area (Å²) in [5.74, 6) is 1.19. The van der Waals surface area contributed by atoms with Crippen LogP contribution in [-0.2, 0) is 0 Å². The van der Waals surface area contributed by atoms with E-state index in [0.717, 1.165) is 10.9 Å². The fourth-order valence-corrected chi connectivity index (χ4v) is 5.12. The molecular weight excluding hydrogens is 470 g/mol. The van der Waals surface area contributed by atoms with Gasteiger partial charge in [-0.25, -0.2) is 0 Å². The summed E-state index contributed by atoms with van der Waals surface area (Å²) in [5.41, 5.74) is 2.81. The molecule has 0 spiro atoms. The molecule has 0 aliphatic carbocycles. The third-order valence-corrected chi connectivity index (χ3v) is 6.82. The molecule has 1 amide bonds. The second-order valence-electron chi connectivity index (χ2n) is 8.26. The molecule has 0 saturated carbocycles. The maximum atomic E-state index is 13.7. The minimum Gasteiger partial charge on any atom is -0.507 e. The standard InChI is InChI=1S/C26H22ClN3O5/c1-33-21-8-14-7-18(29-23(14)25(35-3)24(21)34-2)26(32)30-12-15(10-27)22-17-6-13(11-28)4-5-16(17)20(31)9-19(22)30/h4-9,15,29,31H,10,12H2,1-3H3/t15-/m0/s1. The summed E-state index contributed by atoms with van der Waals surface area (Å²) in [6.07, 6.45) is 0. The fourth-order valence-electron chi connectivity index (χ4n) is 4.87. The number of hydrogen-bond donors (Lipinski definition) is 2. The first kappa shape index (κ1) is 22.7. The number of aromatic hydroxyl groups is 1. The lowest BCUT2D eigenvalue weighted by Crippen LogP contribution is -2.30. The number of nitrogens with zero attached hydrogens (tertiary/aromatic N) is 2. The van der Waals surface area contributed by atoms with Gasteiger partial charge in [0.15, 0.2) is 11.5 Å². The van der Waals surface area contributed by atoms with E-state index in [1.807, 2.05) is 0 Å². The minimum absolute atomic E-state index is 0.0315. The highest BCUT2D eigenvalue weighted by atomic mass is 35.5. The number of ether oxygens (including phenoxy) is 3. The van der Waals surface area contributed by atoms with Crippen LogP contribution in [0.2, 0.25) is 0 Å². The molecule has 1 aromatic heterocycles. The van der Waals surface area contributed by atoms with Crippen molar-refractivity contribution in [3.8, 4) is 29.1 Å². The molecule has 8 nitrogen and oxygen atoms in total. The Labute approximate surface area is 206 Å². The molecule has 0 fully saturated rings. The van der Waals surface area contributed by atoms with Crippen LogP contribution in [0.25, 0.3) is 21.7 Å². The van der Waals surface area contributed by atoms with Crippen LogP contribution in [0, 0.1) is 11.3 Å². The third-order valence-electron chi connectivity index (χ3n) is 6.45. The zero-order valence-electron chi connectivity index (χ0n) is 19.3. The summed E-state index contributed by atoms with van der Waals surface area (Å²) < 4.78 is 16.4. The first-order valence-corrected chi connectivity index (χ1v) is 11.4. The number of nitriles is 1. The van der Waals surface area contributed by atoms with Crippen molar-refractivity contribution in [3.05, 3.63) is 53.2 Å². The molecular formula is C26H22ClN3O5. The molecule has 3 aromatic carbocycles. The van der Waals surface area contributed by atoms with Crippen molar-refractivity contribution in [2.24, 2.45) is 0 Å². The topological polar surface area (TPSA) is 108 Å². The van der Waals surface area contributed by atoms with E-state index in [2.05, 4.69) is 11.1 Å². The Morgan fingerprint density at radius 3 is 2.57 bits per heavy atom. The van der Waals surface area contributed by atoms with Gasteiger partial charge in [-0.15, -0.1) is 11.6 Å². The SMILES string of the molecule is COc1cc2cc(C(=O)N3C[C@H](CCl)c4c3cc(O)c3ccc(C#N)cc43)[nH]c2c(OC)c1OC. The van der Waals surface area contributed by atoms with Crippen molar-refractivity contribution in [2.75, 3.05) is 38.7 Å². The van der Waals surface area contributed by atoms with Gasteiger partial charge in [-0.2, -0.15) is 5.26 Å². The van der Waals surface area contributed by atoms with E-state index in [9.17, 15) is 15.2 Å². The number of nitrogens with one attached hydrogen (secondary N) is 1. The van der Waals surface area contributed by atoms with Crippen molar-refractivity contribution < 1.29 is 24.1 Å². The van der Waals surface area contributed by atoms with Crippen molar-refractivity contribution in [1.29, 1.82) is 5.26 Å². The smallest absolute Gasteiger partial charge is 0.274 e. The summed E-state index contributed by atoms with van der Waals surface area (Å²) in [6, 6.07) is 12.3. The van der Waals surface area contributed by atoms with Crippen LogP contribution in [0.3, 0.4) is 0 Å². The minimum atomic E-state index is -0.287. The van der Waals surface area contributed by atoms with Gasteiger partial charge in [-0.1, -0.05) is 0 Å². The van der Waals surface area contributed by atoms with Crippen molar-refractivity contribution in [2.45, 2.75) is 5.92 Å². The Morgan fingerprint density at radius 2 is 1.91 bits per heavy atom. The number of phenolic OH excluding ortho intramolecular Hbond substituents is 1. The Balaban J connectivity index is 1.66. The molecule has 35 heavy (non-hydrogen) atoms. The number of anilines is 1. The highest BCUT2D eigenvalue weighted by molar-refractivity contribution is 6.19. The summed E-state index contributed by atoms with van der Waals surface area (Å²) in [5, 5.41) is 22.1. The quantitative estimate of drug-likeness (QED) is 0.384. The van der Waals surface area contributed by atoms with E-state index in [1.165, 1.54) is 21.3 Å². The number of methoxy groups -OCH3 is 3. The average Bonchev–Trinajstić information content (AvgIpc) is 3.48. The van der Waals surface area contributed by atoms with Crippen LogP contribution in [0.4, 0.5) is 5.69 Å². The average molecular weight is 492 g/mol. The molecule has 9 heteroatoms. The lowest BCUT2D eigenvalue weighted by Gasteiger charge is -2.17. The maximum Gasteiger partial charge on any atom is 0.274 e. The molecule has 4 aromatic rings. The predicted octanol–water partition coefficient (Wildman–Crippen LogP) is 4.91. The molecule has 1 atom stereocenters. The number of hydrogen-bond acceptors (Lipinski definition) is 6. The van der Waals surface area contributed by atoms with Gasteiger partial charge in [0.1, 0.15) is 11.4 Å². The number of alkyl halides is 1. The summed E-state index contributed by atoms with van der Waals surface area (Å²) in [6.45, 7) is 0.339. The second kappa shape index (κ2) is 8.60. The zero-order valence-corrected chi connectivity index (χ0v) is 20.1. The number of halogens is 1. The van der Waals surface area contributed by atoms with Gasteiger partial charge in [-0.05, 0) is 41.3 Å². The van der Waals surface area contributed by atoms with Crippen LogP contribution < -0.4 is 19.1 Å². The number of carbonyl (C=O) groups is 1. The monoisotopic (exact) mass is 491 g/mol. The van der Waals surface area contributed by atoms with Crippen molar-refractivity contribution >= 4 is 44.9 Å². The first-order chi connectivity index (χ1) is 16.9. The Morgan fingerprint density at radius 1 is 1.14 bits per heavy atom. The summed E-state index contributed by atoms with van der Waals surface area (Å²) in [4.78, 5) is 18.5. The fraction of sp³-hybridized carbons (Fsp3) is 0.231. The van der Waals surface area contributed by atoms with Gasteiger partial charge < -0.3 is 29.2 Å². The number of aromatic nitrogens is 1. The normalized spacial score (nSPS) is 14.7. The van der Waals surface area contributed by atoms with E-state index < -0.39 is 0 Å². The highest BCUT2D eigenvalue weighted by Gasteiger charge is 2.35. The van der Waals surface area contributed by atoms with E-state index in [0.29, 0.717) is 57.0 Å². The molecule has 0 saturated heterocycles. The number of amides is 1. The maximum absolute atomic E-state index is 13.7. The van der Waals surface area contributed by atoms with E-state index in [1.54, 1.807) is 41.3 Å². The molecule has 2 N–H and O–H groups in total. The molecule has 1 aliphatic rings. The largest absolute Gasteiger partial charge is 0.507 e. The van der Waals surface area contributed by atoms with Crippen LogP contribution in [0.5, 0.6) is 23.0 Å². The molecule has 178 valence electrons. The summed E-state index contributed by atoms with van der Waals surface area (Å²) in [7, 11) is 4.57. The van der Waals surface area contributed by atoms with E-state index >= 15 is 0 Å². The lowest BCUT2D eigenvalue weighted by atomic mass is 9.94. The van der Waals surface area contributed by atoms with E-state index in [4.69, 9.17) is 25.8 Å². The third kappa shape index (κ3) is 3.39. The van der Waals surface area contributed by atoms with Gasteiger partial charge in [0.25, 0.3) is 5.91 Å². The molecule has 0 unspecified atom stereocenters. The zero-order chi connectivity index (χ0) is 24.9. The first-order valence-electron chi connectivity index (χ1n) is 10.8. The Hall–Kier alpha value is -4.09. The van der Waals surface area contributed by atoms with Gasteiger partial charge in [0, 0.05) is 35.2 Å². The number of phenols is 1. The van der Waals surface area contributed by atoms with Crippen LogP contribution in [-0.4, -0.2) is 49.8 Å². The number of benzene rings is 3. The van der Waals surface area contributed by atoms with Crippen LogP contribution in [0.15, 0.2) is 36.4 Å². The van der Waals surface area contributed by atoms with Crippen molar-refractivity contribution in [1.82, 2.24) is 4.98 Å². The second-order valence-corrected chi connectivity index (χ2v) is 8.57. The Bertz CT molecular complexity index is 1540. The molecule has 1 aliphatic heterocycles. The van der Waals surface area contributed by atoms with Crippen LogP contribution >= 0.6 is 11.6 Å². The van der Waals surface area contributed by atoms with Gasteiger partial charge in [0.05, 0.1) is 44.2 Å². The predicted molar refractivity (Wildman–Crippen MR) is 133 cm³/mol. The van der Waals surface area contributed by atoms with Gasteiger partial charge >= 0.3 is 0 Å². The van der Waals surface area contributed by atoms with Gasteiger partial charge in [0.2, 0.25) is 5.75 Å². The Kier molecular flexibility index (Phi) is 5.58. The number of rotatable bonds is 5. The molecule has 0 bridgehead atoms. The number of aromatic amines is 1. The lowest BCUT2D eigenvalue weighted by molar-refractivity contribution is 0.0984. The van der Waals surface area contributed by atoms with Gasteiger partial charge in [-0.3, -0.25) is 4.79 Å². The van der Waals surface area contributed by atoms with Crippen LogP contribution in [0.1, 0.15) is 27.5 Å². The number of fused-ring (bicyclic) bond motifs is 4. The summed E-state index contributed by atoms with van der Waals surface area (Å²) >= 11 is 6.32.